The second-order valence-corrected chi connectivity index (χ2v) is 8.73. The summed E-state index contributed by atoms with van der Waals surface area (Å²) in [7, 11) is 1.50. The Morgan fingerprint density at radius 1 is 1.00 bits per heavy atom. The molecule has 1 unspecified atom stereocenters. The highest BCUT2D eigenvalue weighted by molar-refractivity contribution is 7.12. The number of methoxy groups -OCH3 is 1. The molecule has 3 rings (SSSR count). The lowest BCUT2D eigenvalue weighted by molar-refractivity contribution is -0.138. The van der Waals surface area contributed by atoms with E-state index in [0.29, 0.717) is 16.2 Å². The summed E-state index contributed by atoms with van der Waals surface area (Å²) >= 11 is 7.46. The predicted molar refractivity (Wildman–Crippen MR) is 132 cm³/mol. The van der Waals surface area contributed by atoms with Gasteiger partial charge in [0.05, 0.1) is 22.6 Å². The Balaban J connectivity index is 1.82. The molecule has 0 saturated heterocycles. The molecule has 3 amide bonds. The molecule has 3 aromatic rings. The molecule has 1 heterocycles. The molecule has 2 aromatic carbocycles. The van der Waals surface area contributed by atoms with Gasteiger partial charge in [-0.1, -0.05) is 29.8 Å². The van der Waals surface area contributed by atoms with Crippen LogP contribution in [0.2, 0.25) is 5.02 Å². The molecular weight excluding hydrogens is 494 g/mol. The topological polar surface area (TPSA) is 134 Å². The summed E-state index contributed by atoms with van der Waals surface area (Å²) in [6.45, 7) is 1.33. The van der Waals surface area contributed by atoms with Crippen molar-refractivity contribution in [3.63, 3.8) is 0 Å². The van der Waals surface area contributed by atoms with E-state index in [0.717, 1.165) is 0 Å². The van der Waals surface area contributed by atoms with Crippen LogP contribution < -0.4 is 20.7 Å². The molecule has 35 heavy (non-hydrogen) atoms. The van der Waals surface area contributed by atoms with Gasteiger partial charge in [-0.05, 0) is 54.3 Å². The third-order valence-electron chi connectivity index (χ3n) is 4.91. The number of hydrogen-bond donors (Lipinski definition) is 4. The van der Waals surface area contributed by atoms with Crippen molar-refractivity contribution in [2.24, 2.45) is 0 Å². The zero-order chi connectivity index (χ0) is 25.5. The summed E-state index contributed by atoms with van der Waals surface area (Å²) < 4.78 is 5.24. The predicted octanol–water partition coefficient (Wildman–Crippen LogP) is 3.72. The third-order valence-corrected chi connectivity index (χ3v) is 6.09. The number of hydrogen-bond acceptors (Lipinski definition) is 6. The van der Waals surface area contributed by atoms with Gasteiger partial charge >= 0.3 is 5.97 Å². The van der Waals surface area contributed by atoms with Crippen molar-refractivity contribution in [3.05, 3.63) is 81.0 Å². The number of anilines is 1. The minimum absolute atomic E-state index is 0.0124. The standard InChI is InChI=1S/C24H22ClN3O6S/c1-13(24(32)33)26-21(29)17-9-8-15(12-18(17)25)27-23(31)20(14-5-3-6-16(11-14)34-2)28-22(30)19-7-4-10-35-19/h3-13,20H,1-2H3,(H,26,29)(H,27,31)(H,28,30)(H,32,33)/t13-,20?/m0/s1. The lowest BCUT2D eigenvalue weighted by Gasteiger charge is -2.19. The third kappa shape index (κ3) is 6.58. The molecule has 11 heteroatoms. The smallest absolute Gasteiger partial charge is 0.325 e. The lowest BCUT2D eigenvalue weighted by atomic mass is 10.0. The number of carbonyl (C=O) groups is 4. The van der Waals surface area contributed by atoms with E-state index in [-0.39, 0.29) is 16.3 Å². The number of halogens is 1. The summed E-state index contributed by atoms with van der Waals surface area (Å²) in [5.41, 5.74) is 0.825. The van der Waals surface area contributed by atoms with E-state index in [1.807, 2.05) is 0 Å². The van der Waals surface area contributed by atoms with E-state index in [2.05, 4.69) is 16.0 Å². The van der Waals surface area contributed by atoms with Crippen molar-refractivity contribution in [2.45, 2.75) is 19.0 Å². The number of carbonyl (C=O) groups excluding carboxylic acids is 3. The second-order valence-electron chi connectivity index (χ2n) is 7.38. The van der Waals surface area contributed by atoms with E-state index in [1.165, 1.54) is 43.6 Å². The highest BCUT2D eigenvalue weighted by Gasteiger charge is 2.25. The first-order valence-electron chi connectivity index (χ1n) is 10.3. The van der Waals surface area contributed by atoms with Crippen molar-refractivity contribution in [3.8, 4) is 5.75 Å². The second kappa shape index (κ2) is 11.5. The Morgan fingerprint density at radius 2 is 1.77 bits per heavy atom. The van der Waals surface area contributed by atoms with Gasteiger partial charge in [0.15, 0.2) is 0 Å². The fourth-order valence-corrected chi connectivity index (χ4v) is 3.95. The molecule has 0 aliphatic carbocycles. The van der Waals surface area contributed by atoms with Crippen LogP contribution in [0.5, 0.6) is 5.75 Å². The molecule has 1 aromatic heterocycles. The average molecular weight is 516 g/mol. The van der Waals surface area contributed by atoms with Crippen molar-refractivity contribution in [1.29, 1.82) is 0 Å². The van der Waals surface area contributed by atoms with E-state index in [9.17, 15) is 19.2 Å². The molecule has 9 nitrogen and oxygen atoms in total. The molecule has 0 bridgehead atoms. The van der Waals surface area contributed by atoms with Crippen molar-refractivity contribution < 1.29 is 29.0 Å². The first-order valence-corrected chi connectivity index (χ1v) is 11.6. The van der Waals surface area contributed by atoms with Gasteiger partial charge in [-0.3, -0.25) is 19.2 Å². The quantitative estimate of drug-likeness (QED) is 0.343. The van der Waals surface area contributed by atoms with Gasteiger partial charge in [0, 0.05) is 5.69 Å². The van der Waals surface area contributed by atoms with Crippen LogP contribution in [0.15, 0.2) is 60.0 Å². The normalized spacial score (nSPS) is 12.2. The van der Waals surface area contributed by atoms with Crippen LogP contribution in [-0.4, -0.2) is 41.9 Å². The van der Waals surface area contributed by atoms with Crippen molar-refractivity contribution >= 4 is 52.3 Å². The van der Waals surface area contributed by atoms with Crippen LogP contribution in [0.3, 0.4) is 0 Å². The van der Waals surface area contributed by atoms with Crippen LogP contribution in [0.1, 0.15) is 38.6 Å². The Morgan fingerprint density at radius 3 is 2.40 bits per heavy atom. The summed E-state index contributed by atoms with van der Waals surface area (Å²) in [5.74, 6) is -2.30. The Labute approximate surface area is 210 Å². The van der Waals surface area contributed by atoms with Crippen LogP contribution in [0.25, 0.3) is 0 Å². The number of amides is 3. The molecule has 0 spiro atoms. The fraction of sp³-hybridized carbons (Fsp3) is 0.167. The number of ether oxygens (including phenoxy) is 1. The maximum absolute atomic E-state index is 13.2. The molecule has 0 aliphatic heterocycles. The molecule has 4 N–H and O–H groups in total. The number of nitrogens with one attached hydrogen (secondary N) is 3. The summed E-state index contributed by atoms with van der Waals surface area (Å²) in [6.07, 6.45) is 0. The number of aliphatic carboxylic acids is 1. The van der Waals surface area contributed by atoms with Gasteiger partial charge in [-0.2, -0.15) is 0 Å². The van der Waals surface area contributed by atoms with Gasteiger partial charge in [0.25, 0.3) is 17.7 Å². The van der Waals surface area contributed by atoms with E-state index in [4.69, 9.17) is 21.4 Å². The van der Waals surface area contributed by atoms with Crippen LogP contribution in [-0.2, 0) is 9.59 Å². The minimum atomic E-state index is -1.19. The van der Waals surface area contributed by atoms with Gasteiger partial charge in [-0.25, -0.2) is 0 Å². The minimum Gasteiger partial charge on any atom is -0.497 e. The molecular formula is C24H22ClN3O6S. The zero-order valence-electron chi connectivity index (χ0n) is 18.7. The number of carboxylic acid groups (broad SMARTS) is 1. The molecule has 0 saturated carbocycles. The van der Waals surface area contributed by atoms with Gasteiger partial charge in [0.1, 0.15) is 17.8 Å². The maximum Gasteiger partial charge on any atom is 0.325 e. The van der Waals surface area contributed by atoms with E-state index in [1.54, 1.807) is 41.8 Å². The van der Waals surface area contributed by atoms with Crippen LogP contribution in [0, 0.1) is 0 Å². The Kier molecular flexibility index (Phi) is 8.45. The summed E-state index contributed by atoms with van der Waals surface area (Å²) in [6, 6.07) is 12.2. The van der Waals surface area contributed by atoms with Gasteiger partial charge in [0.2, 0.25) is 0 Å². The summed E-state index contributed by atoms with van der Waals surface area (Å²) in [4.78, 5) is 49.6. The molecule has 0 fully saturated rings. The van der Waals surface area contributed by atoms with Crippen molar-refractivity contribution in [1.82, 2.24) is 10.6 Å². The maximum atomic E-state index is 13.2. The van der Waals surface area contributed by atoms with E-state index >= 15 is 0 Å². The first-order chi connectivity index (χ1) is 16.7. The Bertz CT molecular complexity index is 1250. The number of benzene rings is 2. The molecule has 0 radical (unpaired) electrons. The van der Waals surface area contributed by atoms with Gasteiger partial charge < -0.3 is 25.8 Å². The lowest BCUT2D eigenvalue weighted by Crippen LogP contribution is -2.38. The Hall–Kier alpha value is -3.89. The monoisotopic (exact) mass is 515 g/mol. The molecule has 182 valence electrons. The first kappa shape index (κ1) is 25.7. The fourth-order valence-electron chi connectivity index (χ4n) is 3.06. The van der Waals surface area contributed by atoms with Crippen LogP contribution in [0.4, 0.5) is 5.69 Å². The summed E-state index contributed by atoms with van der Waals surface area (Å²) in [5, 5.41) is 18.5. The van der Waals surface area contributed by atoms with Crippen molar-refractivity contribution in [2.75, 3.05) is 12.4 Å². The SMILES string of the molecule is COc1cccc(C(NC(=O)c2cccs2)C(=O)Nc2ccc(C(=O)N[C@@H](C)C(=O)O)c(Cl)c2)c1. The number of carboxylic acids is 1. The van der Waals surface area contributed by atoms with E-state index < -0.39 is 35.8 Å². The van der Waals surface area contributed by atoms with Crippen LogP contribution >= 0.6 is 22.9 Å². The molecule has 0 aliphatic rings. The highest BCUT2D eigenvalue weighted by Crippen LogP contribution is 2.25. The van der Waals surface area contributed by atoms with Gasteiger partial charge in [-0.15, -0.1) is 11.3 Å². The molecule has 2 atom stereocenters. The largest absolute Gasteiger partial charge is 0.497 e. The average Bonchev–Trinajstić information content (AvgIpc) is 3.37. The zero-order valence-corrected chi connectivity index (χ0v) is 20.3. The number of thiophene rings is 1. The highest BCUT2D eigenvalue weighted by atomic mass is 35.5. The number of rotatable bonds is 9.